The van der Waals surface area contributed by atoms with Crippen LogP contribution in [0.1, 0.15) is 26.3 Å². The van der Waals surface area contributed by atoms with Crippen LogP contribution in [-0.4, -0.2) is 15.5 Å². The molecule has 0 bridgehead atoms. The number of anilines is 4. The number of nitrogens with two attached hydrogens (primary N) is 1. The smallest absolute Gasteiger partial charge is 0.393 e. The maximum absolute atomic E-state index is 13.1. The summed E-state index contributed by atoms with van der Waals surface area (Å²) in [5.41, 5.74) is 10.7. The van der Waals surface area contributed by atoms with Gasteiger partial charge in [0.05, 0.1) is 11.3 Å². The minimum Gasteiger partial charge on any atom is -0.393 e. The van der Waals surface area contributed by atoms with Crippen molar-refractivity contribution in [2.45, 2.75) is 32.5 Å². The molecule has 2 rings (SSSR count). The zero-order valence-electron chi connectivity index (χ0n) is 13.5. The zero-order chi connectivity index (χ0) is 18.0. The van der Waals surface area contributed by atoms with Crippen molar-refractivity contribution in [3.05, 3.63) is 36.2 Å². The molecule has 1 aromatic heterocycles. The Hall–Kier alpha value is -2.55. The lowest BCUT2D eigenvalue weighted by Crippen LogP contribution is -2.40. The highest BCUT2D eigenvalue weighted by atomic mass is 19.4. The monoisotopic (exact) mass is 340 g/mol. The summed E-state index contributed by atoms with van der Waals surface area (Å²) in [5, 5.41) is 2.62. The number of rotatable bonds is 4. The van der Waals surface area contributed by atoms with Crippen molar-refractivity contribution in [2.24, 2.45) is 0 Å². The molecule has 0 radical (unpaired) electrons. The Morgan fingerprint density at radius 1 is 1.00 bits per heavy atom. The molecule has 24 heavy (non-hydrogen) atoms. The highest BCUT2D eigenvalue weighted by molar-refractivity contribution is 5.78. The quantitative estimate of drug-likeness (QED) is 0.637. The molecule has 6 nitrogen and oxygen atoms in total. The van der Waals surface area contributed by atoms with E-state index in [9.17, 15) is 13.2 Å². The standard InChI is InChI=1S/C15H19F3N6/c1-14(2,3)24-23-13-11(19)12(20-8-21-13)22-10-7-5-4-6-9(10)15(16,17)18/h4-8,24H,19H2,1-3H3,(H2,20,21,22,23). The van der Waals surface area contributed by atoms with Gasteiger partial charge in [-0.25, -0.2) is 15.4 Å². The normalized spacial score (nSPS) is 12.1. The summed E-state index contributed by atoms with van der Waals surface area (Å²) >= 11 is 0. The highest BCUT2D eigenvalue weighted by Gasteiger charge is 2.33. The zero-order valence-corrected chi connectivity index (χ0v) is 13.5. The van der Waals surface area contributed by atoms with Gasteiger partial charge in [0.1, 0.15) is 12.0 Å². The van der Waals surface area contributed by atoms with Gasteiger partial charge in [-0.05, 0) is 32.9 Å². The molecule has 0 aliphatic carbocycles. The van der Waals surface area contributed by atoms with Gasteiger partial charge in [0.2, 0.25) is 0 Å². The van der Waals surface area contributed by atoms with E-state index in [0.717, 1.165) is 6.07 Å². The molecule has 0 atom stereocenters. The van der Waals surface area contributed by atoms with E-state index in [1.165, 1.54) is 24.5 Å². The number of alkyl halides is 3. The number of nitrogen functional groups attached to an aromatic ring is 1. The highest BCUT2D eigenvalue weighted by Crippen LogP contribution is 2.36. The van der Waals surface area contributed by atoms with Crippen molar-refractivity contribution in [3.63, 3.8) is 0 Å². The third kappa shape index (κ3) is 4.48. The van der Waals surface area contributed by atoms with Crippen molar-refractivity contribution >= 4 is 23.0 Å². The fourth-order valence-corrected chi connectivity index (χ4v) is 1.81. The number of aromatic nitrogens is 2. The average Bonchev–Trinajstić information content (AvgIpc) is 2.47. The molecule has 0 unspecified atom stereocenters. The van der Waals surface area contributed by atoms with Crippen molar-refractivity contribution in [1.82, 2.24) is 15.4 Å². The molecule has 1 heterocycles. The van der Waals surface area contributed by atoms with E-state index in [2.05, 4.69) is 26.1 Å². The maximum atomic E-state index is 13.1. The second-order valence-electron chi connectivity index (χ2n) is 6.15. The minimum atomic E-state index is -4.49. The van der Waals surface area contributed by atoms with Crippen molar-refractivity contribution < 1.29 is 13.2 Å². The summed E-state index contributed by atoms with van der Waals surface area (Å²) in [6.45, 7) is 5.78. The topological polar surface area (TPSA) is 87.9 Å². The predicted molar refractivity (Wildman–Crippen MR) is 87.7 cm³/mol. The van der Waals surface area contributed by atoms with Crippen LogP contribution in [0.2, 0.25) is 0 Å². The summed E-state index contributed by atoms with van der Waals surface area (Å²) < 4.78 is 39.2. The van der Waals surface area contributed by atoms with Gasteiger partial charge in [-0.1, -0.05) is 12.1 Å². The lowest BCUT2D eigenvalue weighted by molar-refractivity contribution is -0.136. The van der Waals surface area contributed by atoms with E-state index >= 15 is 0 Å². The largest absolute Gasteiger partial charge is 0.418 e. The molecular formula is C15H19F3N6. The first kappa shape index (κ1) is 17.8. The number of nitrogens with zero attached hydrogens (tertiary/aromatic N) is 2. The van der Waals surface area contributed by atoms with E-state index in [4.69, 9.17) is 5.73 Å². The molecule has 0 aliphatic rings. The predicted octanol–water partition coefficient (Wildman–Crippen LogP) is 3.54. The summed E-state index contributed by atoms with van der Waals surface area (Å²) in [7, 11) is 0. The van der Waals surface area contributed by atoms with E-state index in [0.29, 0.717) is 0 Å². The molecule has 0 saturated carbocycles. The Bertz CT molecular complexity index is 709. The first-order chi connectivity index (χ1) is 11.1. The van der Waals surface area contributed by atoms with Gasteiger partial charge >= 0.3 is 6.18 Å². The third-order valence-corrected chi connectivity index (χ3v) is 2.93. The maximum Gasteiger partial charge on any atom is 0.418 e. The fraction of sp³-hybridized carbons (Fsp3) is 0.333. The molecule has 0 amide bonds. The van der Waals surface area contributed by atoms with E-state index in [-0.39, 0.29) is 28.5 Å². The molecule has 0 saturated heterocycles. The molecule has 0 fully saturated rings. The van der Waals surface area contributed by atoms with Crippen LogP contribution in [-0.2, 0) is 6.18 Å². The van der Waals surface area contributed by atoms with Crippen LogP contribution in [0.25, 0.3) is 0 Å². The molecule has 0 aliphatic heterocycles. The van der Waals surface area contributed by atoms with Crippen LogP contribution in [0.4, 0.5) is 36.2 Å². The number of hydrogen-bond donors (Lipinski definition) is 4. The first-order valence-electron chi connectivity index (χ1n) is 7.15. The minimum absolute atomic E-state index is 0.0832. The number of hydrogen-bond acceptors (Lipinski definition) is 6. The van der Waals surface area contributed by atoms with Crippen LogP contribution in [0.15, 0.2) is 30.6 Å². The Morgan fingerprint density at radius 2 is 1.62 bits per heavy atom. The van der Waals surface area contributed by atoms with Gasteiger partial charge in [-0.3, -0.25) is 0 Å². The Morgan fingerprint density at radius 3 is 2.25 bits per heavy atom. The molecule has 130 valence electrons. The van der Waals surface area contributed by atoms with Gasteiger partial charge in [0.15, 0.2) is 11.6 Å². The van der Waals surface area contributed by atoms with Crippen LogP contribution in [0, 0.1) is 0 Å². The Labute approximate surface area is 137 Å². The number of nitrogens with one attached hydrogen (secondary N) is 3. The molecule has 1 aromatic carbocycles. The molecule has 5 N–H and O–H groups in total. The van der Waals surface area contributed by atoms with Crippen molar-refractivity contribution in [2.75, 3.05) is 16.5 Å². The fourth-order valence-electron chi connectivity index (χ4n) is 1.81. The van der Waals surface area contributed by atoms with Gasteiger partial charge in [-0.2, -0.15) is 13.2 Å². The lowest BCUT2D eigenvalue weighted by Gasteiger charge is -2.22. The van der Waals surface area contributed by atoms with Gasteiger partial charge < -0.3 is 16.5 Å². The third-order valence-electron chi connectivity index (χ3n) is 2.93. The van der Waals surface area contributed by atoms with Crippen molar-refractivity contribution in [3.8, 4) is 0 Å². The summed E-state index contributed by atoms with van der Waals surface area (Å²) in [4.78, 5) is 7.90. The molecule has 2 aromatic rings. The SMILES string of the molecule is CC(C)(C)NNc1ncnc(Nc2ccccc2C(F)(F)F)c1N. The van der Waals surface area contributed by atoms with E-state index in [1.807, 2.05) is 20.8 Å². The van der Waals surface area contributed by atoms with Crippen LogP contribution < -0.4 is 21.9 Å². The van der Waals surface area contributed by atoms with Crippen LogP contribution in [0.3, 0.4) is 0 Å². The number of hydrazine groups is 1. The summed E-state index contributed by atoms with van der Waals surface area (Å²) in [6, 6.07) is 5.11. The molecular weight excluding hydrogens is 321 g/mol. The number of para-hydroxylation sites is 1. The van der Waals surface area contributed by atoms with E-state index in [1.54, 1.807) is 0 Å². The number of benzene rings is 1. The second-order valence-corrected chi connectivity index (χ2v) is 6.15. The van der Waals surface area contributed by atoms with Gasteiger partial charge in [0.25, 0.3) is 0 Å². The van der Waals surface area contributed by atoms with Gasteiger partial charge in [-0.15, -0.1) is 0 Å². The van der Waals surface area contributed by atoms with E-state index < -0.39 is 11.7 Å². The Kier molecular flexibility index (Phi) is 4.83. The summed E-state index contributed by atoms with van der Waals surface area (Å²) in [5.74, 6) is 0.354. The lowest BCUT2D eigenvalue weighted by atomic mass is 10.1. The average molecular weight is 340 g/mol. The van der Waals surface area contributed by atoms with Crippen molar-refractivity contribution in [1.29, 1.82) is 0 Å². The summed E-state index contributed by atoms with van der Waals surface area (Å²) in [6.07, 6.45) is -3.28. The van der Waals surface area contributed by atoms with Crippen LogP contribution >= 0.6 is 0 Å². The Balaban J connectivity index is 2.29. The second kappa shape index (κ2) is 6.52. The number of halogens is 3. The molecule has 0 spiro atoms. The first-order valence-corrected chi connectivity index (χ1v) is 7.15. The van der Waals surface area contributed by atoms with Crippen LogP contribution in [0.5, 0.6) is 0 Å². The molecule has 9 heteroatoms. The van der Waals surface area contributed by atoms with Gasteiger partial charge in [0, 0.05) is 5.54 Å².